The van der Waals surface area contributed by atoms with Crippen molar-refractivity contribution in [2.24, 2.45) is 23.2 Å². The zero-order valence-corrected chi connectivity index (χ0v) is 21.6. The first-order chi connectivity index (χ1) is 17.3. The van der Waals surface area contributed by atoms with Gasteiger partial charge in [0.1, 0.15) is 5.75 Å². The van der Waals surface area contributed by atoms with E-state index in [0.717, 1.165) is 29.4 Å². The van der Waals surface area contributed by atoms with Crippen LogP contribution in [0.4, 0.5) is 0 Å². The first-order valence-corrected chi connectivity index (χ1v) is 13.3. The third-order valence-corrected chi connectivity index (χ3v) is 8.00. The molecule has 0 N–H and O–H groups in total. The van der Waals surface area contributed by atoms with Crippen LogP contribution in [-0.4, -0.2) is 11.8 Å². The maximum atomic E-state index is 12.4. The molecule has 2 bridgehead atoms. The Morgan fingerprint density at radius 1 is 0.917 bits per heavy atom. The molecule has 0 radical (unpaired) electrons. The van der Waals surface area contributed by atoms with E-state index in [1.165, 1.54) is 42.4 Å². The maximum Gasteiger partial charge on any atom is 0.316 e. The molecule has 2 aromatic rings. The first-order valence-electron chi connectivity index (χ1n) is 13.3. The Kier molecular flexibility index (Phi) is 6.83. The SMILES string of the molecule is CC(C)(C)C(=O)Oc1ccc(/C(C2=CCC(=O)C=C2)=C(\CC2CC3CCC2C3)c2ccccc2)cc1. The molecular formula is C33H36O3. The molecule has 0 saturated heterocycles. The number of hydrogen-bond donors (Lipinski definition) is 0. The van der Waals surface area contributed by atoms with Crippen LogP contribution in [0.25, 0.3) is 11.1 Å². The van der Waals surface area contributed by atoms with Gasteiger partial charge in [-0.15, -0.1) is 0 Å². The number of hydrogen-bond acceptors (Lipinski definition) is 3. The molecule has 3 aliphatic carbocycles. The topological polar surface area (TPSA) is 43.4 Å². The normalized spacial score (nSPS) is 23.9. The second-order valence-electron chi connectivity index (χ2n) is 11.7. The van der Waals surface area contributed by atoms with Crippen molar-refractivity contribution < 1.29 is 14.3 Å². The molecule has 0 spiro atoms. The third kappa shape index (κ3) is 5.31. The molecule has 5 rings (SSSR count). The van der Waals surface area contributed by atoms with E-state index in [-0.39, 0.29) is 11.8 Å². The van der Waals surface area contributed by atoms with E-state index in [1.807, 2.05) is 39.0 Å². The summed E-state index contributed by atoms with van der Waals surface area (Å²) in [5, 5.41) is 0. The van der Waals surface area contributed by atoms with Crippen molar-refractivity contribution in [1.82, 2.24) is 0 Å². The molecule has 0 amide bonds. The zero-order chi connectivity index (χ0) is 25.3. The third-order valence-electron chi connectivity index (χ3n) is 8.00. The monoisotopic (exact) mass is 480 g/mol. The van der Waals surface area contributed by atoms with Crippen molar-refractivity contribution in [3.63, 3.8) is 0 Å². The maximum absolute atomic E-state index is 12.4. The van der Waals surface area contributed by atoms with E-state index in [0.29, 0.717) is 18.1 Å². The van der Waals surface area contributed by atoms with E-state index in [1.54, 1.807) is 6.08 Å². The molecule has 3 aliphatic rings. The quantitative estimate of drug-likeness (QED) is 0.240. The van der Waals surface area contributed by atoms with Crippen LogP contribution >= 0.6 is 0 Å². The minimum absolute atomic E-state index is 0.136. The summed E-state index contributed by atoms with van der Waals surface area (Å²) in [5.74, 6) is 2.86. The van der Waals surface area contributed by atoms with Gasteiger partial charge in [-0.05, 0) is 110 Å². The minimum atomic E-state index is -0.560. The van der Waals surface area contributed by atoms with E-state index in [2.05, 4.69) is 48.5 Å². The lowest BCUT2D eigenvalue weighted by molar-refractivity contribution is -0.143. The second-order valence-corrected chi connectivity index (χ2v) is 11.7. The molecular weight excluding hydrogens is 444 g/mol. The van der Waals surface area contributed by atoms with Crippen molar-refractivity contribution in [3.8, 4) is 5.75 Å². The van der Waals surface area contributed by atoms with Gasteiger partial charge in [0, 0.05) is 6.42 Å². The largest absolute Gasteiger partial charge is 0.426 e. The molecule has 2 fully saturated rings. The smallest absolute Gasteiger partial charge is 0.316 e. The van der Waals surface area contributed by atoms with Crippen LogP contribution in [-0.2, 0) is 9.59 Å². The summed E-state index contributed by atoms with van der Waals surface area (Å²) in [7, 11) is 0. The Bertz CT molecular complexity index is 1220. The molecule has 0 heterocycles. The summed E-state index contributed by atoms with van der Waals surface area (Å²) >= 11 is 0. The molecule has 36 heavy (non-hydrogen) atoms. The van der Waals surface area contributed by atoms with Gasteiger partial charge in [-0.1, -0.05) is 61.0 Å². The fourth-order valence-corrected chi connectivity index (χ4v) is 6.07. The Morgan fingerprint density at radius 2 is 1.67 bits per heavy atom. The summed E-state index contributed by atoms with van der Waals surface area (Å²) in [6, 6.07) is 18.6. The lowest BCUT2D eigenvalue weighted by Crippen LogP contribution is -2.25. The highest BCUT2D eigenvalue weighted by atomic mass is 16.5. The minimum Gasteiger partial charge on any atom is -0.426 e. The molecule has 2 saturated carbocycles. The van der Waals surface area contributed by atoms with Crippen LogP contribution in [0.15, 0.2) is 78.4 Å². The summed E-state index contributed by atoms with van der Waals surface area (Å²) in [5.41, 5.74) is 5.38. The van der Waals surface area contributed by atoms with Gasteiger partial charge in [0.15, 0.2) is 5.78 Å². The predicted molar refractivity (Wildman–Crippen MR) is 145 cm³/mol. The number of allylic oxidation sites excluding steroid dienone is 6. The number of benzene rings is 2. The van der Waals surface area contributed by atoms with Gasteiger partial charge in [0.25, 0.3) is 0 Å². The molecule has 0 aliphatic heterocycles. The van der Waals surface area contributed by atoms with Crippen molar-refractivity contribution >= 4 is 22.9 Å². The van der Waals surface area contributed by atoms with E-state index in [9.17, 15) is 9.59 Å². The highest BCUT2D eigenvalue weighted by Gasteiger charge is 2.40. The van der Waals surface area contributed by atoms with Crippen LogP contribution in [0.2, 0.25) is 0 Å². The average Bonchev–Trinajstić information content (AvgIpc) is 3.49. The number of carbonyl (C=O) groups excluding carboxylic acids is 2. The summed E-state index contributed by atoms with van der Waals surface area (Å²) in [4.78, 5) is 24.4. The number of esters is 1. The summed E-state index contributed by atoms with van der Waals surface area (Å²) in [6.07, 6.45) is 12.7. The Hall–Kier alpha value is -3.20. The van der Waals surface area contributed by atoms with Gasteiger partial charge in [-0.25, -0.2) is 0 Å². The number of ether oxygens (including phenoxy) is 1. The molecule has 186 valence electrons. The Morgan fingerprint density at radius 3 is 2.25 bits per heavy atom. The van der Waals surface area contributed by atoms with Crippen molar-refractivity contribution in [3.05, 3.63) is 89.5 Å². The van der Waals surface area contributed by atoms with Crippen molar-refractivity contribution in [2.45, 2.75) is 59.3 Å². The van der Waals surface area contributed by atoms with Gasteiger partial charge in [-0.2, -0.15) is 0 Å². The highest BCUT2D eigenvalue weighted by Crippen LogP contribution is 2.52. The lowest BCUT2D eigenvalue weighted by Gasteiger charge is -2.26. The summed E-state index contributed by atoms with van der Waals surface area (Å²) < 4.78 is 5.63. The zero-order valence-electron chi connectivity index (χ0n) is 21.6. The Balaban J connectivity index is 1.58. The van der Waals surface area contributed by atoms with E-state index < -0.39 is 5.41 Å². The van der Waals surface area contributed by atoms with Crippen LogP contribution in [0.3, 0.4) is 0 Å². The first kappa shape index (κ1) is 24.5. The molecule has 3 unspecified atom stereocenters. The van der Waals surface area contributed by atoms with Gasteiger partial charge in [0.05, 0.1) is 5.41 Å². The number of fused-ring (bicyclic) bond motifs is 2. The van der Waals surface area contributed by atoms with Gasteiger partial charge < -0.3 is 4.74 Å². The van der Waals surface area contributed by atoms with Crippen molar-refractivity contribution in [2.75, 3.05) is 0 Å². The predicted octanol–water partition coefficient (Wildman–Crippen LogP) is 7.83. The summed E-state index contributed by atoms with van der Waals surface area (Å²) in [6.45, 7) is 5.57. The number of carbonyl (C=O) groups is 2. The van der Waals surface area contributed by atoms with Crippen molar-refractivity contribution in [1.29, 1.82) is 0 Å². The standard InChI is InChI=1S/C33H36O3/c1-33(2,3)32(35)36-29-17-13-25(14-18-29)31(24-11-15-28(34)16-12-24)30(23-7-5-4-6-8-23)21-27-20-22-9-10-26(27)19-22/h4-8,11-15,17-18,22,26-27H,9-10,16,19-21H2,1-3H3/b31-30+. The highest BCUT2D eigenvalue weighted by molar-refractivity contribution is 6.03. The molecule has 0 aromatic heterocycles. The molecule has 3 atom stereocenters. The number of ketones is 1. The van der Waals surface area contributed by atoms with E-state index in [4.69, 9.17) is 4.74 Å². The molecule has 3 heteroatoms. The van der Waals surface area contributed by atoms with Gasteiger partial charge in [0.2, 0.25) is 0 Å². The average molecular weight is 481 g/mol. The van der Waals surface area contributed by atoms with Gasteiger partial charge in [-0.3, -0.25) is 9.59 Å². The molecule has 3 nitrogen and oxygen atoms in total. The second kappa shape index (κ2) is 10.0. The van der Waals surface area contributed by atoms with Gasteiger partial charge >= 0.3 is 5.97 Å². The lowest BCUT2D eigenvalue weighted by atomic mass is 9.78. The van der Waals surface area contributed by atoms with Crippen LogP contribution in [0.5, 0.6) is 5.75 Å². The molecule has 2 aromatic carbocycles. The fourth-order valence-electron chi connectivity index (χ4n) is 6.07. The fraction of sp³-hybridized carbons (Fsp3) is 0.394. The number of rotatable bonds is 6. The van der Waals surface area contributed by atoms with Crippen LogP contribution < -0.4 is 4.74 Å². The van der Waals surface area contributed by atoms with E-state index >= 15 is 0 Å². The van der Waals surface area contributed by atoms with Crippen LogP contribution in [0.1, 0.15) is 70.4 Å². The Labute approximate surface area is 215 Å². The van der Waals surface area contributed by atoms with Crippen LogP contribution in [0, 0.1) is 23.2 Å².